The summed E-state index contributed by atoms with van der Waals surface area (Å²) in [7, 11) is 0. The van der Waals surface area contributed by atoms with E-state index in [-0.39, 0.29) is 11.6 Å². The molecule has 0 bridgehead atoms. The van der Waals surface area contributed by atoms with E-state index in [1.807, 2.05) is 13.8 Å². The van der Waals surface area contributed by atoms with Gasteiger partial charge in [-0.2, -0.15) is 0 Å². The van der Waals surface area contributed by atoms with E-state index in [0.29, 0.717) is 16.4 Å². The first kappa shape index (κ1) is 17.1. The minimum Gasteiger partial charge on any atom is -0.320 e. The molecule has 0 radical (unpaired) electrons. The summed E-state index contributed by atoms with van der Waals surface area (Å²) in [5.74, 6) is -0.861. The van der Waals surface area contributed by atoms with Crippen molar-refractivity contribution >= 4 is 23.2 Å². The summed E-state index contributed by atoms with van der Waals surface area (Å²) >= 11 is 5.92. The van der Waals surface area contributed by atoms with Crippen molar-refractivity contribution in [3.05, 3.63) is 70.8 Å². The van der Waals surface area contributed by atoms with Gasteiger partial charge in [0.1, 0.15) is 5.82 Å². The van der Waals surface area contributed by atoms with Crippen LogP contribution < -0.4 is 5.32 Å². The fraction of sp³-hybridized carbons (Fsp3) is 0.167. The smallest absolute Gasteiger partial charge is 0.278 e. The first-order chi connectivity index (χ1) is 12.0. The molecule has 3 aromatic rings. The third-order valence-corrected chi connectivity index (χ3v) is 3.87. The average Bonchev–Trinajstić information content (AvgIpc) is 3.01. The lowest BCUT2D eigenvalue weighted by atomic mass is 10.1. The Bertz CT molecular complexity index is 906. The normalized spacial score (nSPS) is 10.9. The van der Waals surface area contributed by atoms with Gasteiger partial charge in [0.05, 0.1) is 11.4 Å². The maximum absolute atomic E-state index is 13.3. The monoisotopic (exact) mass is 358 g/mol. The van der Waals surface area contributed by atoms with Gasteiger partial charge >= 0.3 is 0 Å². The number of amides is 1. The van der Waals surface area contributed by atoms with Gasteiger partial charge in [-0.15, -0.1) is 5.10 Å². The number of nitrogens with one attached hydrogen (secondary N) is 1. The van der Waals surface area contributed by atoms with Crippen molar-refractivity contribution in [1.82, 2.24) is 15.0 Å². The number of carbonyl (C=O) groups is 1. The maximum atomic E-state index is 13.3. The molecule has 0 spiro atoms. The Balaban J connectivity index is 1.96. The standard InChI is InChI=1S/C18H16ClFN4O/c1-11(2)17-16(18(25)21-14-5-3-4-13(20)10-14)22-23-24(17)15-8-6-12(19)7-9-15/h3-11H,1-2H3,(H,21,25). The van der Waals surface area contributed by atoms with Gasteiger partial charge in [0.2, 0.25) is 0 Å². The highest BCUT2D eigenvalue weighted by Crippen LogP contribution is 2.23. The molecule has 1 amide bonds. The number of halogens is 2. The van der Waals surface area contributed by atoms with Gasteiger partial charge in [-0.1, -0.05) is 36.7 Å². The zero-order chi connectivity index (χ0) is 18.0. The minimum atomic E-state index is -0.436. The second-order valence-corrected chi connectivity index (χ2v) is 6.27. The van der Waals surface area contributed by atoms with Crippen LogP contribution in [0.25, 0.3) is 5.69 Å². The first-order valence-corrected chi connectivity index (χ1v) is 8.12. The molecule has 0 aliphatic rings. The highest BCUT2D eigenvalue weighted by molar-refractivity contribution is 6.30. The van der Waals surface area contributed by atoms with Crippen LogP contribution in [-0.2, 0) is 0 Å². The minimum absolute atomic E-state index is 0.000984. The molecular formula is C18H16ClFN4O. The molecule has 0 atom stereocenters. The Kier molecular flexibility index (Phi) is 4.81. The Morgan fingerprint density at radius 3 is 2.56 bits per heavy atom. The number of nitrogens with zero attached hydrogens (tertiary/aromatic N) is 3. The molecule has 0 aliphatic carbocycles. The lowest BCUT2D eigenvalue weighted by Crippen LogP contribution is -2.16. The zero-order valence-corrected chi connectivity index (χ0v) is 14.5. The Morgan fingerprint density at radius 1 is 1.20 bits per heavy atom. The van der Waals surface area contributed by atoms with E-state index in [1.54, 1.807) is 35.0 Å². The second kappa shape index (κ2) is 7.03. The summed E-state index contributed by atoms with van der Waals surface area (Å²) in [4.78, 5) is 12.6. The van der Waals surface area contributed by atoms with Crippen LogP contribution in [0.3, 0.4) is 0 Å². The molecule has 25 heavy (non-hydrogen) atoms. The van der Waals surface area contributed by atoms with E-state index in [9.17, 15) is 9.18 Å². The largest absolute Gasteiger partial charge is 0.320 e. The molecule has 2 aromatic carbocycles. The number of benzene rings is 2. The van der Waals surface area contributed by atoms with Crippen molar-refractivity contribution in [3.63, 3.8) is 0 Å². The van der Waals surface area contributed by atoms with Crippen molar-refractivity contribution in [2.24, 2.45) is 0 Å². The molecular weight excluding hydrogens is 343 g/mol. The molecule has 5 nitrogen and oxygen atoms in total. The van der Waals surface area contributed by atoms with Gasteiger partial charge in [-0.05, 0) is 48.4 Å². The second-order valence-electron chi connectivity index (χ2n) is 5.83. The van der Waals surface area contributed by atoms with E-state index in [2.05, 4.69) is 15.6 Å². The average molecular weight is 359 g/mol. The van der Waals surface area contributed by atoms with Crippen molar-refractivity contribution < 1.29 is 9.18 Å². The summed E-state index contributed by atoms with van der Waals surface area (Å²) in [5.41, 5.74) is 1.98. The third kappa shape index (κ3) is 3.69. The van der Waals surface area contributed by atoms with E-state index in [0.717, 1.165) is 5.69 Å². The topological polar surface area (TPSA) is 59.8 Å². The number of hydrogen-bond acceptors (Lipinski definition) is 3. The van der Waals surface area contributed by atoms with E-state index in [4.69, 9.17) is 11.6 Å². The van der Waals surface area contributed by atoms with Crippen LogP contribution in [0, 0.1) is 5.82 Å². The number of rotatable bonds is 4. The van der Waals surface area contributed by atoms with Crippen LogP contribution in [0.15, 0.2) is 48.5 Å². The van der Waals surface area contributed by atoms with Crippen molar-refractivity contribution in [1.29, 1.82) is 0 Å². The Hall–Kier alpha value is -2.73. The summed E-state index contributed by atoms with van der Waals surface area (Å²) in [6.07, 6.45) is 0. The molecule has 0 fully saturated rings. The molecule has 7 heteroatoms. The fourth-order valence-electron chi connectivity index (χ4n) is 2.50. The van der Waals surface area contributed by atoms with E-state index in [1.165, 1.54) is 18.2 Å². The van der Waals surface area contributed by atoms with Gasteiger partial charge in [-0.3, -0.25) is 4.79 Å². The molecule has 0 saturated carbocycles. The van der Waals surface area contributed by atoms with Gasteiger partial charge in [-0.25, -0.2) is 9.07 Å². The Morgan fingerprint density at radius 2 is 1.92 bits per heavy atom. The molecule has 128 valence electrons. The molecule has 3 rings (SSSR count). The molecule has 0 aliphatic heterocycles. The van der Waals surface area contributed by atoms with Gasteiger partial charge in [0.25, 0.3) is 5.91 Å². The predicted molar refractivity (Wildman–Crippen MR) is 94.8 cm³/mol. The summed E-state index contributed by atoms with van der Waals surface area (Å²) in [5, 5.41) is 11.4. The summed E-state index contributed by atoms with van der Waals surface area (Å²) in [6.45, 7) is 3.90. The Labute approximate surface area is 149 Å². The van der Waals surface area contributed by atoms with Gasteiger partial charge < -0.3 is 5.32 Å². The van der Waals surface area contributed by atoms with Gasteiger partial charge in [0, 0.05) is 10.7 Å². The van der Waals surface area contributed by atoms with Gasteiger partial charge in [0.15, 0.2) is 5.69 Å². The molecule has 1 N–H and O–H groups in total. The summed E-state index contributed by atoms with van der Waals surface area (Å²) < 4.78 is 14.9. The highest BCUT2D eigenvalue weighted by Gasteiger charge is 2.23. The molecule has 1 aromatic heterocycles. The lowest BCUT2D eigenvalue weighted by Gasteiger charge is -2.11. The van der Waals surface area contributed by atoms with Crippen LogP contribution in [0.1, 0.15) is 35.9 Å². The van der Waals surface area contributed by atoms with Crippen molar-refractivity contribution in [2.45, 2.75) is 19.8 Å². The van der Waals surface area contributed by atoms with Crippen LogP contribution in [-0.4, -0.2) is 20.9 Å². The SMILES string of the molecule is CC(C)c1c(C(=O)Nc2cccc(F)c2)nnn1-c1ccc(Cl)cc1. The maximum Gasteiger partial charge on any atom is 0.278 e. The van der Waals surface area contributed by atoms with Crippen molar-refractivity contribution in [2.75, 3.05) is 5.32 Å². The predicted octanol–water partition coefficient (Wildman–Crippen LogP) is 4.44. The lowest BCUT2D eigenvalue weighted by molar-refractivity contribution is 0.102. The van der Waals surface area contributed by atoms with Crippen LogP contribution >= 0.6 is 11.6 Å². The number of hydrogen-bond donors (Lipinski definition) is 1. The van der Waals surface area contributed by atoms with Crippen molar-refractivity contribution in [3.8, 4) is 5.69 Å². The first-order valence-electron chi connectivity index (χ1n) is 7.74. The van der Waals surface area contributed by atoms with Crippen LogP contribution in [0.2, 0.25) is 5.02 Å². The molecule has 0 saturated heterocycles. The molecule has 0 unspecified atom stereocenters. The van der Waals surface area contributed by atoms with E-state index >= 15 is 0 Å². The highest BCUT2D eigenvalue weighted by atomic mass is 35.5. The third-order valence-electron chi connectivity index (χ3n) is 3.62. The van der Waals surface area contributed by atoms with Crippen LogP contribution in [0.4, 0.5) is 10.1 Å². The van der Waals surface area contributed by atoms with Crippen LogP contribution in [0.5, 0.6) is 0 Å². The number of aromatic nitrogens is 3. The molecule has 1 heterocycles. The summed E-state index contributed by atoms with van der Waals surface area (Å²) in [6, 6.07) is 12.8. The fourth-order valence-corrected chi connectivity index (χ4v) is 2.62. The quantitative estimate of drug-likeness (QED) is 0.750. The number of anilines is 1. The van der Waals surface area contributed by atoms with E-state index < -0.39 is 11.7 Å². The number of carbonyl (C=O) groups excluding carboxylic acids is 1. The zero-order valence-electron chi connectivity index (χ0n) is 13.7.